The van der Waals surface area contributed by atoms with Gasteiger partial charge in [0.2, 0.25) is 0 Å². The van der Waals surface area contributed by atoms with Gasteiger partial charge in [-0.3, -0.25) is 4.89 Å². The number of carbonyl (C=O) groups excluding carboxylic acids is 2. The summed E-state index contributed by atoms with van der Waals surface area (Å²) in [5, 5.41) is 4.12. The van der Waals surface area contributed by atoms with E-state index in [1.807, 2.05) is 27.7 Å². The summed E-state index contributed by atoms with van der Waals surface area (Å²) in [6, 6.07) is 6.60. The maximum atomic E-state index is 11.6. The normalized spacial score (nSPS) is 12.4. The van der Waals surface area contributed by atoms with Gasteiger partial charge in [0.1, 0.15) is 6.10 Å². The summed E-state index contributed by atoms with van der Waals surface area (Å²) in [5.74, 6) is -0.790. The lowest BCUT2D eigenvalue weighted by molar-refractivity contribution is -0.453. The van der Waals surface area contributed by atoms with E-state index in [2.05, 4.69) is 14.8 Å². The number of benzene rings is 1. The molecule has 0 saturated carbocycles. The number of aryl methyl sites for hydroxylation is 1. The molecule has 1 aromatic rings. The van der Waals surface area contributed by atoms with Gasteiger partial charge in [0.15, 0.2) is 0 Å². The first-order valence-electron chi connectivity index (χ1n) is 7.14. The standard InChI is InChI=1S/C16H22O7/c1-11-6-8-13(9-7-11)14(17)21-23-22-15(18)20-12(2)10-19-16(3,4)5/h6-9,12H,10H2,1-5H3. The van der Waals surface area contributed by atoms with Gasteiger partial charge >= 0.3 is 12.1 Å². The summed E-state index contributed by atoms with van der Waals surface area (Å²) >= 11 is 0. The summed E-state index contributed by atoms with van der Waals surface area (Å²) in [6.45, 7) is 9.35. The average Bonchev–Trinajstić information content (AvgIpc) is 2.45. The molecule has 1 rings (SSSR count). The van der Waals surface area contributed by atoms with Crippen molar-refractivity contribution in [1.82, 2.24) is 0 Å². The lowest BCUT2D eigenvalue weighted by Crippen LogP contribution is -2.28. The molecule has 0 N–H and O–H groups in total. The molecule has 7 nitrogen and oxygen atoms in total. The molecule has 0 bridgehead atoms. The van der Waals surface area contributed by atoms with Crippen LogP contribution in [0.3, 0.4) is 0 Å². The minimum Gasteiger partial charge on any atom is -0.427 e. The Morgan fingerprint density at radius 2 is 1.70 bits per heavy atom. The third kappa shape index (κ3) is 8.18. The number of ether oxygens (including phenoxy) is 2. The Morgan fingerprint density at radius 3 is 2.26 bits per heavy atom. The number of rotatable bonds is 6. The molecule has 0 aromatic heterocycles. The fourth-order valence-electron chi connectivity index (χ4n) is 1.40. The van der Waals surface area contributed by atoms with Crippen LogP contribution in [0.15, 0.2) is 24.3 Å². The molecular formula is C16H22O7. The summed E-state index contributed by atoms with van der Waals surface area (Å²) < 4.78 is 10.3. The van der Waals surface area contributed by atoms with Crippen molar-refractivity contribution in [2.24, 2.45) is 0 Å². The molecule has 7 heteroatoms. The van der Waals surface area contributed by atoms with Crippen molar-refractivity contribution in [2.75, 3.05) is 6.61 Å². The number of hydrogen-bond donors (Lipinski definition) is 0. The zero-order valence-electron chi connectivity index (χ0n) is 14.0. The van der Waals surface area contributed by atoms with Crippen LogP contribution in [0.2, 0.25) is 0 Å². The molecule has 23 heavy (non-hydrogen) atoms. The summed E-state index contributed by atoms with van der Waals surface area (Å²) in [6.07, 6.45) is -1.68. The third-order valence-electron chi connectivity index (χ3n) is 2.55. The molecule has 0 saturated heterocycles. The molecule has 0 fully saturated rings. The molecule has 1 unspecified atom stereocenters. The molecule has 0 aliphatic heterocycles. The monoisotopic (exact) mass is 326 g/mol. The van der Waals surface area contributed by atoms with Crippen molar-refractivity contribution in [3.63, 3.8) is 0 Å². The van der Waals surface area contributed by atoms with E-state index in [1.165, 1.54) is 0 Å². The topological polar surface area (TPSA) is 80.3 Å². The second-order valence-electron chi connectivity index (χ2n) is 5.99. The highest BCUT2D eigenvalue weighted by atomic mass is 17.5. The Morgan fingerprint density at radius 1 is 1.09 bits per heavy atom. The quantitative estimate of drug-likeness (QED) is 0.450. The van der Waals surface area contributed by atoms with Gasteiger partial charge in [-0.2, -0.15) is 0 Å². The molecular weight excluding hydrogens is 304 g/mol. The predicted molar refractivity (Wildman–Crippen MR) is 80.4 cm³/mol. The highest BCUT2D eigenvalue weighted by molar-refractivity contribution is 5.88. The zero-order valence-corrected chi connectivity index (χ0v) is 14.0. The fraction of sp³-hybridized carbons (Fsp3) is 0.500. The second-order valence-corrected chi connectivity index (χ2v) is 5.99. The van der Waals surface area contributed by atoms with Gasteiger partial charge in [0.25, 0.3) is 0 Å². The van der Waals surface area contributed by atoms with E-state index in [-0.39, 0.29) is 17.8 Å². The van der Waals surface area contributed by atoms with Crippen LogP contribution in [0.25, 0.3) is 0 Å². The molecule has 0 heterocycles. The van der Waals surface area contributed by atoms with Crippen LogP contribution in [0.1, 0.15) is 43.6 Å². The average molecular weight is 326 g/mol. The van der Waals surface area contributed by atoms with Gasteiger partial charge < -0.3 is 9.47 Å². The number of hydrogen-bond acceptors (Lipinski definition) is 7. The minimum absolute atomic E-state index is 0.196. The second kappa shape index (κ2) is 8.50. The van der Waals surface area contributed by atoms with E-state index in [4.69, 9.17) is 9.47 Å². The van der Waals surface area contributed by atoms with E-state index in [0.717, 1.165) is 5.56 Å². The van der Waals surface area contributed by atoms with Gasteiger partial charge in [-0.05, 0) is 46.8 Å². The van der Waals surface area contributed by atoms with Gasteiger partial charge in [-0.25, -0.2) is 14.5 Å². The smallest absolute Gasteiger partial charge is 0.427 e. The SMILES string of the molecule is Cc1ccc(C(=O)OOOC(=O)OC(C)COC(C)(C)C)cc1. The van der Waals surface area contributed by atoms with Crippen LogP contribution in [-0.4, -0.2) is 30.4 Å². The first kappa shape index (κ1) is 18.9. The van der Waals surface area contributed by atoms with Crippen LogP contribution in [0.4, 0.5) is 4.79 Å². The zero-order chi connectivity index (χ0) is 17.5. The van der Waals surface area contributed by atoms with E-state index < -0.39 is 18.2 Å². The Labute approximate surface area is 135 Å². The fourth-order valence-corrected chi connectivity index (χ4v) is 1.40. The van der Waals surface area contributed by atoms with Crippen molar-refractivity contribution < 1.29 is 33.9 Å². The molecule has 0 amide bonds. The Bertz CT molecular complexity index is 516. The minimum atomic E-state index is -1.13. The molecule has 0 spiro atoms. The van der Waals surface area contributed by atoms with E-state index in [0.29, 0.717) is 0 Å². The summed E-state index contributed by atoms with van der Waals surface area (Å²) in [4.78, 5) is 31.4. The van der Waals surface area contributed by atoms with Crippen LogP contribution in [0, 0.1) is 6.92 Å². The summed E-state index contributed by atoms with van der Waals surface area (Å²) in [7, 11) is 0. The van der Waals surface area contributed by atoms with Crippen molar-refractivity contribution in [2.45, 2.75) is 46.3 Å². The van der Waals surface area contributed by atoms with Gasteiger partial charge in [-0.1, -0.05) is 17.7 Å². The Kier molecular flexibility index (Phi) is 6.99. The molecule has 0 aliphatic carbocycles. The highest BCUT2D eigenvalue weighted by Crippen LogP contribution is 2.09. The van der Waals surface area contributed by atoms with Crippen molar-refractivity contribution in [3.8, 4) is 0 Å². The molecule has 0 aliphatic rings. The third-order valence-corrected chi connectivity index (χ3v) is 2.55. The first-order valence-corrected chi connectivity index (χ1v) is 7.14. The molecule has 0 radical (unpaired) electrons. The van der Waals surface area contributed by atoms with Crippen molar-refractivity contribution >= 4 is 12.1 Å². The number of carbonyl (C=O) groups is 2. The van der Waals surface area contributed by atoms with Crippen LogP contribution in [0.5, 0.6) is 0 Å². The lowest BCUT2D eigenvalue weighted by Gasteiger charge is -2.21. The van der Waals surface area contributed by atoms with Crippen molar-refractivity contribution in [1.29, 1.82) is 0 Å². The molecule has 1 atom stereocenters. The van der Waals surface area contributed by atoms with Crippen molar-refractivity contribution in [3.05, 3.63) is 35.4 Å². The summed E-state index contributed by atoms with van der Waals surface area (Å²) in [5.41, 5.74) is 0.912. The van der Waals surface area contributed by atoms with E-state index in [9.17, 15) is 9.59 Å². The van der Waals surface area contributed by atoms with Gasteiger partial charge in [0, 0.05) is 0 Å². The maximum Gasteiger partial charge on any atom is 0.543 e. The molecule has 1 aromatic carbocycles. The Balaban J connectivity index is 2.25. The van der Waals surface area contributed by atoms with E-state index >= 15 is 0 Å². The van der Waals surface area contributed by atoms with Crippen LogP contribution < -0.4 is 0 Å². The van der Waals surface area contributed by atoms with Crippen LogP contribution >= 0.6 is 0 Å². The largest absolute Gasteiger partial charge is 0.543 e. The lowest BCUT2D eigenvalue weighted by atomic mass is 10.2. The van der Waals surface area contributed by atoms with Crippen LogP contribution in [-0.2, 0) is 24.3 Å². The van der Waals surface area contributed by atoms with Gasteiger partial charge in [0.05, 0.1) is 22.8 Å². The Hall–Kier alpha value is -2.12. The highest BCUT2D eigenvalue weighted by Gasteiger charge is 2.17. The predicted octanol–water partition coefficient (Wildman–Crippen LogP) is 3.36. The van der Waals surface area contributed by atoms with Gasteiger partial charge in [-0.15, -0.1) is 0 Å². The maximum absolute atomic E-state index is 11.6. The van der Waals surface area contributed by atoms with E-state index in [1.54, 1.807) is 31.2 Å². The molecule has 128 valence electrons. The first-order chi connectivity index (χ1) is 10.7.